The number of methoxy groups -OCH3 is 1. The number of esters is 1. The van der Waals surface area contributed by atoms with E-state index < -0.39 is 24.0 Å². The molecule has 0 aliphatic heterocycles. The third-order valence-corrected chi connectivity index (χ3v) is 2.96. The van der Waals surface area contributed by atoms with E-state index in [1.165, 1.54) is 7.11 Å². The molecule has 1 rings (SSSR count). The number of carbonyl (C=O) groups excluding carboxylic acids is 2. The molecule has 0 bridgehead atoms. The lowest BCUT2D eigenvalue weighted by molar-refractivity contribution is -0.145. The quantitative estimate of drug-likeness (QED) is 0.846. The maximum Gasteiger partial charge on any atom is 0.328 e. The monoisotopic (exact) mass is 299 g/mol. The van der Waals surface area contributed by atoms with E-state index in [-0.39, 0.29) is 0 Å². The van der Waals surface area contributed by atoms with Crippen LogP contribution in [0.25, 0.3) is 0 Å². The molecule has 0 aromatic heterocycles. The first-order chi connectivity index (χ1) is 9.35. The zero-order chi connectivity index (χ0) is 15.3. The summed E-state index contributed by atoms with van der Waals surface area (Å²) in [5, 5.41) is 3.12. The van der Waals surface area contributed by atoms with E-state index in [1.807, 2.05) is 6.92 Å². The number of ether oxygens (including phenoxy) is 2. The normalized spacial score (nSPS) is 13.2. The van der Waals surface area contributed by atoms with Crippen molar-refractivity contribution in [1.82, 2.24) is 5.32 Å². The van der Waals surface area contributed by atoms with Crippen LogP contribution in [0.15, 0.2) is 18.2 Å². The molecule has 0 saturated carbocycles. The number of rotatable bonds is 5. The zero-order valence-electron chi connectivity index (χ0n) is 11.9. The van der Waals surface area contributed by atoms with E-state index in [1.54, 1.807) is 32.0 Å². The second-order valence-corrected chi connectivity index (χ2v) is 4.86. The van der Waals surface area contributed by atoms with Gasteiger partial charge in [-0.25, -0.2) is 4.79 Å². The van der Waals surface area contributed by atoms with Gasteiger partial charge in [0.05, 0.1) is 7.11 Å². The smallest absolute Gasteiger partial charge is 0.328 e. The number of benzene rings is 1. The molecule has 5 nitrogen and oxygen atoms in total. The fourth-order valence-corrected chi connectivity index (χ4v) is 1.78. The van der Waals surface area contributed by atoms with E-state index in [0.717, 1.165) is 5.56 Å². The zero-order valence-corrected chi connectivity index (χ0v) is 12.7. The third-order valence-electron chi connectivity index (χ3n) is 2.72. The summed E-state index contributed by atoms with van der Waals surface area (Å²) in [6.45, 7) is 4.99. The first-order valence-electron chi connectivity index (χ1n) is 6.16. The lowest BCUT2D eigenvalue weighted by Gasteiger charge is -2.18. The van der Waals surface area contributed by atoms with Crippen molar-refractivity contribution in [3.05, 3.63) is 28.8 Å². The molecular formula is C14H18ClNO4. The average Bonchev–Trinajstić information content (AvgIpc) is 2.40. The van der Waals surface area contributed by atoms with Crippen LogP contribution >= 0.6 is 11.6 Å². The first kappa shape index (κ1) is 16.3. The Kier molecular flexibility index (Phi) is 5.82. The molecule has 1 aromatic rings. The molecular weight excluding hydrogens is 282 g/mol. The van der Waals surface area contributed by atoms with Crippen LogP contribution in [0.2, 0.25) is 5.02 Å². The van der Waals surface area contributed by atoms with E-state index in [4.69, 9.17) is 16.3 Å². The SMILES string of the molecule is COC(=O)[C@@H](C)NC(=O)[C@@H](C)Oc1ccc(Cl)cc1C. The van der Waals surface area contributed by atoms with Crippen LogP contribution in [0.4, 0.5) is 0 Å². The van der Waals surface area contributed by atoms with Gasteiger partial charge in [0.25, 0.3) is 5.91 Å². The van der Waals surface area contributed by atoms with Crippen molar-refractivity contribution in [2.24, 2.45) is 0 Å². The Labute approximate surface area is 123 Å². The van der Waals surface area contributed by atoms with Crippen molar-refractivity contribution in [1.29, 1.82) is 0 Å². The number of hydrogen-bond acceptors (Lipinski definition) is 4. The minimum atomic E-state index is -0.734. The highest BCUT2D eigenvalue weighted by molar-refractivity contribution is 6.30. The van der Waals surface area contributed by atoms with Gasteiger partial charge in [-0.15, -0.1) is 0 Å². The molecule has 20 heavy (non-hydrogen) atoms. The van der Waals surface area contributed by atoms with Crippen LogP contribution < -0.4 is 10.1 Å². The molecule has 6 heteroatoms. The standard InChI is InChI=1S/C14H18ClNO4/c1-8-7-11(15)5-6-12(8)20-10(3)13(17)16-9(2)14(18)19-4/h5-7,9-10H,1-4H3,(H,16,17)/t9-,10-/m1/s1. The third kappa shape index (κ3) is 4.42. The maximum absolute atomic E-state index is 11.9. The molecule has 0 aliphatic carbocycles. The van der Waals surface area contributed by atoms with Gasteiger partial charge in [0.15, 0.2) is 6.10 Å². The van der Waals surface area contributed by atoms with Crippen molar-refractivity contribution in [2.75, 3.05) is 7.11 Å². The van der Waals surface area contributed by atoms with Crippen LogP contribution in [-0.4, -0.2) is 31.1 Å². The number of nitrogens with one attached hydrogen (secondary N) is 1. The molecule has 1 aromatic carbocycles. The molecule has 0 saturated heterocycles. The Morgan fingerprint density at radius 1 is 1.30 bits per heavy atom. The molecule has 0 heterocycles. The summed E-state index contributed by atoms with van der Waals surface area (Å²) >= 11 is 5.85. The summed E-state index contributed by atoms with van der Waals surface area (Å²) in [7, 11) is 1.27. The van der Waals surface area contributed by atoms with E-state index in [0.29, 0.717) is 10.8 Å². The Morgan fingerprint density at radius 2 is 1.95 bits per heavy atom. The van der Waals surface area contributed by atoms with Crippen molar-refractivity contribution >= 4 is 23.5 Å². The van der Waals surface area contributed by atoms with Crippen LogP contribution in [0, 0.1) is 6.92 Å². The van der Waals surface area contributed by atoms with E-state index in [2.05, 4.69) is 10.1 Å². The van der Waals surface area contributed by atoms with Crippen molar-refractivity contribution in [3.63, 3.8) is 0 Å². The average molecular weight is 300 g/mol. The highest BCUT2D eigenvalue weighted by atomic mass is 35.5. The fraction of sp³-hybridized carbons (Fsp3) is 0.429. The largest absolute Gasteiger partial charge is 0.481 e. The summed E-state index contributed by atoms with van der Waals surface area (Å²) < 4.78 is 10.1. The molecule has 0 fully saturated rings. The van der Waals surface area contributed by atoms with Gasteiger partial charge in [0, 0.05) is 5.02 Å². The predicted molar refractivity (Wildman–Crippen MR) is 75.9 cm³/mol. The predicted octanol–water partition coefficient (Wildman–Crippen LogP) is 2.09. The molecule has 0 spiro atoms. The number of carbonyl (C=O) groups is 2. The van der Waals surface area contributed by atoms with Crippen molar-refractivity contribution in [2.45, 2.75) is 32.9 Å². The minimum Gasteiger partial charge on any atom is -0.481 e. The van der Waals surface area contributed by atoms with Crippen LogP contribution in [0.5, 0.6) is 5.75 Å². The Balaban J connectivity index is 2.64. The molecule has 1 N–H and O–H groups in total. The minimum absolute atomic E-state index is 0.391. The summed E-state index contributed by atoms with van der Waals surface area (Å²) in [6, 6.07) is 4.42. The molecule has 0 unspecified atom stereocenters. The summed E-state index contributed by atoms with van der Waals surface area (Å²) in [5.41, 5.74) is 0.832. The van der Waals surface area contributed by atoms with Crippen LogP contribution in [-0.2, 0) is 14.3 Å². The molecule has 0 radical (unpaired) electrons. The second kappa shape index (κ2) is 7.14. The van der Waals surface area contributed by atoms with Gasteiger partial charge in [0.2, 0.25) is 0 Å². The van der Waals surface area contributed by atoms with Gasteiger partial charge in [-0.1, -0.05) is 11.6 Å². The van der Waals surface area contributed by atoms with Gasteiger partial charge in [-0.05, 0) is 44.5 Å². The van der Waals surface area contributed by atoms with Crippen LogP contribution in [0.1, 0.15) is 19.4 Å². The number of hydrogen-bond donors (Lipinski definition) is 1. The lowest BCUT2D eigenvalue weighted by Crippen LogP contribution is -2.45. The maximum atomic E-state index is 11.9. The molecule has 1 amide bonds. The Bertz CT molecular complexity index is 504. The summed E-state index contributed by atoms with van der Waals surface area (Å²) in [6.07, 6.45) is -0.734. The van der Waals surface area contributed by atoms with E-state index in [9.17, 15) is 9.59 Å². The van der Waals surface area contributed by atoms with Crippen molar-refractivity contribution < 1.29 is 19.1 Å². The summed E-state index contributed by atoms with van der Waals surface area (Å²) in [4.78, 5) is 23.1. The van der Waals surface area contributed by atoms with Gasteiger partial charge in [-0.3, -0.25) is 4.79 Å². The fourth-order valence-electron chi connectivity index (χ4n) is 1.56. The molecule has 0 aliphatic rings. The Morgan fingerprint density at radius 3 is 2.50 bits per heavy atom. The van der Waals surface area contributed by atoms with Gasteiger partial charge < -0.3 is 14.8 Å². The lowest BCUT2D eigenvalue weighted by atomic mass is 10.2. The van der Waals surface area contributed by atoms with Crippen LogP contribution in [0.3, 0.4) is 0 Å². The second-order valence-electron chi connectivity index (χ2n) is 4.42. The summed E-state index contributed by atoms with van der Waals surface area (Å²) in [5.74, 6) is -0.326. The topological polar surface area (TPSA) is 64.6 Å². The Hall–Kier alpha value is -1.75. The highest BCUT2D eigenvalue weighted by Gasteiger charge is 2.21. The number of halogens is 1. The first-order valence-corrected chi connectivity index (χ1v) is 6.54. The number of aryl methyl sites for hydroxylation is 1. The van der Waals surface area contributed by atoms with Gasteiger partial charge >= 0.3 is 5.97 Å². The number of amides is 1. The molecule has 110 valence electrons. The van der Waals surface area contributed by atoms with E-state index >= 15 is 0 Å². The van der Waals surface area contributed by atoms with Gasteiger partial charge in [0.1, 0.15) is 11.8 Å². The van der Waals surface area contributed by atoms with Gasteiger partial charge in [-0.2, -0.15) is 0 Å². The molecule has 2 atom stereocenters. The van der Waals surface area contributed by atoms with Crippen molar-refractivity contribution in [3.8, 4) is 5.75 Å². The highest BCUT2D eigenvalue weighted by Crippen LogP contribution is 2.22.